The number of halogens is 2. The molecule has 6 nitrogen and oxygen atoms in total. The lowest BCUT2D eigenvalue weighted by molar-refractivity contribution is -0.0320. The summed E-state index contributed by atoms with van der Waals surface area (Å²) in [5.74, 6) is -0.0152. The van der Waals surface area contributed by atoms with E-state index in [0.717, 1.165) is 78.3 Å². The number of hydrogen-bond acceptors (Lipinski definition) is 6. The molecule has 260 valence electrons. The maximum atomic E-state index is 14.1. The second-order valence-corrected chi connectivity index (χ2v) is 14.8. The number of piperazine rings is 2. The van der Waals surface area contributed by atoms with Gasteiger partial charge in [-0.05, 0) is 75.9 Å². The molecule has 4 atom stereocenters. The van der Waals surface area contributed by atoms with Gasteiger partial charge < -0.3 is 29.8 Å². The van der Waals surface area contributed by atoms with Gasteiger partial charge in [-0.1, -0.05) is 69.1 Å². The average Bonchev–Trinajstić information content (AvgIpc) is 3.03. The highest BCUT2D eigenvalue weighted by molar-refractivity contribution is 6.31. The van der Waals surface area contributed by atoms with Gasteiger partial charge in [-0.25, -0.2) is 4.39 Å². The normalized spacial score (nSPS) is 21.1. The molecule has 2 heterocycles. The molecule has 2 aromatic carbocycles. The van der Waals surface area contributed by atoms with Crippen molar-refractivity contribution in [1.29, 1.82) is 0 Å². The fourth-order valence-corrected chi connectivity index (χ4v) is 7.03. The first kappa shape index (κ1) is 38.9. The maximum Gasteiger partial charge on any atom is 0.127 e. The molecule has 46 heavy (non-hydrogen) atoms. The van der Waals surface area contributed by atoms with Crippen LogP contribution in [0.3, 0.4) is 0 Å². The van der Waals surface area contributed by atoms with E-state index in [1.807, 2.05) is 6.92 Å². The fourth-order valence-electron chi connectivity index (χ4n) is 6.80. The van der Waals surface area contributed by atoms with Crippen molar-refractivity contribution in [3.05, 3.63) is 69.5 Å². The molecule has 0 radical (unpaired) electrons. The molecule has 0 aliphatic carbocycles. The molecule has 0 saturated carbocycles. The van der Waals surface area contributed by atoms with Gasteiger partial charge in [0.25, 0.3) is 0 Å². The molecule has 0 amide bonds. The summed E-state index contributed by atoms with van der Waals surface area (Å²) in [6.07, 6.45) is 2.39. The van der Waals surface area contributed by atoms with Crippen LogP contribution in [0.4, 0.5) is 4.39 Å². The van der Waals surface area contributed by atoms with E-state index in [2.05, 4.69) is 86.5 Å². The molecular formula is C38H62ClFN4O2. The van der Waals surface area contributed by atoms with Crippen LogP contribution in [0.2, 0.25) is 5.02 Å². The predicted octanol–water partition coefficient (Wildman–Crippen LogP) is 5.92. The fraction of sp³-hybridized carbons (Fsp3) is 0.684. The second-order valence-electron chi connectivity index (χ2n) is 14.4. The van der Waals surface area contributed by atoms with Crippen LogP contribution in [0.1, 0.15) is 62.8 Å². The number of aryl methyl sites for hydroxylation is 2. The van der Waals surface area contributed by atoms with E-state index >= 15 is 0 Å². The lowest BCUT2D eigenvalue weighted by Gasteiger charge is -2.39. The summed E-state index contributed by atoms with van der Waals surface area (Å²) >= 11 is 6.14. The summed E-state index contributed by atoms with van der Waals surface area (Å²) in [7, 11) is 4.31. The van der Waals surface area contributed by atoms with Crippen molar-refractivity contribution in [2.24, 2.45) is 11.8 Å². The van der Waals surface area contributed by atoms with E-state index in [1.54, 1.807) is 12.1 Å². The van der Waals surface area contributed by atoms with E-state index in [1.165, 1.54) is 22.8 Å². The minimum atomic E-state index is -0.949. The molecule has 2 saturated heterocycles. The lowest BCUT2D eigenvalue weighted by Crippen LogP contribution is -2.50. The van der Waals surface area contributed by atoms with Crippen LogP contribution in [0, 0.1) is 31.5 Å². The highest BCUT2D eigenvalue weighted by Gasteiger charge is 2.36. The lowest BCUT2D eigenvalue weighted by atomic mass is 9.79. The molecule has 2 aliphatic heterocycles. The van der Waals surface area contributed by atoms with E-state index in [9.17, 15) is 14.6 Å². The maximum absolute atomic E-state index is 14.1. The Balaban J connectivity index is 0.000000250. The average molecular weight is 661 g/mol. The molecule has 2 N–H and O–H groups in total. The molecule has 2 aliphatic rings. The first-order valence-electron chi connectivity index (χ1n) is 17.4. The molecule has 0 spiro atoms. The summed E-state index contributed by atoms with van der Waals surface area (Å²) in [5, 5.41) is 22.8. The van der Waals surface area contributed by atoms with Crippen molar-refractivity contribution in [3.63, 3.8) is 0 Å². The third-order valence-corrected chi connectivity index (χ3v) is 11.2. The predicted molar refractivity (Wildman–Crippen MR) is 191 cm³/mol. The standard InChI is InChI=1S/C20H34N2O.C18H28ClFN2O/c1-6-20(23,14-19-13-16(2)7-8-17(19)3)18(4)15-22-11-9-21(5)10-12-22;1-4-18(23,12-15-16(19)6-5-7-17(15)20)14(2)13-22-10-8-21(3)9-11-22/h7-8,13,18,23H,6,9-12,14-15H2,1-5H3;5-7,14,23H,4,8-13H2,1-3H3. The van der Waals surface area contributed by atoms with Gasteiger partial charge in [-0.2, -0.15) is 0 Å². The third kappa shape index (κ3) is 11.0. The number of hydrogen-bond donors (Lipinski definition) is 2. The van der Waals surface area contributed by atoms with Crippen molar-refractivity contribution in [1.82, 2.24) is 19.6 Å². The summed E-state index contributed by atoms with van der Waals surface area (Å²) in [4.78, 5) is 9.58. The zero-order chi connectivity index (χ0) is 34.1. The zero-order valence-corrected chi connectivity index (χ0v) is 30.7. The first-order valence-corrected chi connectivity index (χ1v) is 17.8. The Kier molecular flexibility index (Phi) is 15.0. The summed E-state index contributed by atoms with van der Waals surface area (Å²) in [6.45, 7) is 23.1. The van der Waals surface area contributed by atoms with E-state index in [0.29, 0.717) is 17.0 Å². The summed E-state index contributed by atoms with van der Waals surface area (Å²) < 4.78 is 14.1. The minimum Gasteiger partial charge on any atom is -0.389 e. The van der Waals surface area contributed by atoms with Crippen LogP contribution in [0.25, 0.3) is 0 Å². The quantitative estimate of drug-likeness (QED) is 0.295. The Morgan fingerprint density at radius 3 is 1.70 bits per heavy atom. The molecule has 8 heteroatoms. The first-order chi connectivity index (χ1) is 21.7. The Morgan fingerprint density at radius 2 is 1.24 bits per heavy atom. The molecule has 2 aromatic rings. The number of nitrogens with zero attached hydrogens (tertiary/aromatic N) is 4. The molecule has 4 rings (SSSR count). The van der Waals surface area contributed by atoms with Gasteiger partial charge in [0.1, 0.15) is 5.82 Å². The molecular weight excluding hydrogens is 599 g/mol. The van der Waals surface area contributed by atoms with Crippen molar-refractivity contribution in [2.45, 2.75) is 78.4 Å². The summed E-state index contributed by atoms with van der Waals surface area (Å²) in [5.41, 5.74) is 2.70. The van der Waals surface area contributed by atoms with Gasteiger partial charge in [-0.15, -0.1) is 0 Å². The SMILES string of the molecule is CCC(O)(Cc1c(F)cccc1Cl)C(C)CN1CCN(C)CC1.CCC(O)(Cc1cc(C)ccc1C)C(C)CN1CCN(C)CC1. The monoisotopic (exact) mass is 660 g/mol. The van der Waals surface area contributed by atoms with Gasteiger partial charge in [0, 0.05) is 88.9 Å². The zero-order valence-electron chi connectivity index (χ0n) is 30.0. The van der Waals surface area contributed by atoms with Crippen LogP contribution in [0.15, 0.2) is 36.4 Å². The van der Waals surface area contributed by atoms with Crippen LogP contribution in [-0.2, 0) is 12.8 Å². The minimum absolute atomic E-state index is 0.0478. The Bertz CT molecular complexity index is 1200. The highest BCUT2D eigenvalue weighted by Crippen LogP contribution is 2.32. The van der Waals surface area contributed by atoms with Crippen LogP contribution >= 0.6 is 11.6 Å². The molecule has 4 unspecified atom stereocenters. The largest absolute Gasteiger partial charge is 0.389 e. The van der Waals surface area contributed by atoms with Crippen LogP contribution in [-0.4, -0.2) is 121 Å². The Morgan fingerprint density at radius 1 is 0.761 bits per heavy atom. The molecule has 0 bridgehead atoms. The topological polar surface area (TPSA) is 53.4 Å². The van der Waals surface area contributed by atoms with Crippen molar-refractivity contribution < 1.29 is 14.6 Å². The van der Waals surface area contributed by atoms with Crippen LogP contribution < -0.4 is 0 Å². The number of aliphatic hydroxyl groups is 2. The van der Waals surface area contributed by atoms with Crippen molar-refractivity contribution >= 4 is 11.6 Å². The Hall–Kier alpha value is -1.58. The van der Waals surface area contributed by atoms with E-state index in [4.69, 9.17) is 11.6 Å². The Labute approximate surface area is 284 Å². The number of rotatable bonds is 12. The van der Waals surface area contributed by atoms with Gasteiger partial charge in [0.2, 0.25) is 0 Å². The molecule has 2 fully saturated rings. The van der Waals surface area contributed by atoms with Gasteiger partial charge >= 0.3 is 0 Å². The highest BCUT2D eigenvalue weighted by atomic mass is 35.5. The van der Waals surface area contributed by atoms with E-state index < -0.39 is 11.2 Å². The van der Waals surface area contributed by atoms with Gasteiger partial charge in [0.15, 0.2) is 0 Å². The van der Waals surface area contributed by atoms with Crippen molar-refractivity contribution in [2.75, 3.05) is 79.5 Å². The number of likely N-dealkylation sites (N-methyl/N-ethyl adjacent to an activating group) is 2. The third-order valence-electron chi connectivity index (χ3n) is 10.9. The van der Waals surface area contributed by atoms with Gasteiger partial charge in [0.05, 0.1) is 11.2 Å². The van der Waals surface area contributed by atoms with Gasteiger partial charge in [-0.3, -0.25) is 0 Å². The van der Waals surface area contributed by atoms with E-state index in [-0.39, 0.29) is 24.1 Å². The molecule has 0 aromatic heterocycles. The second kappa shape index (κ2) is 17.7. The summed E-state index contributed by atoms with van der Waals surface area (Å²) in [6, 6.07) is 11.2. The van der Waals surface area contributed by atoms with Crippen LogP contribution in [0.5, 0.6) is 0 Å². The number of benzene rings is 2. The smallest absolute Gasteiger partial charge is 0.127 e. The van der Waals surface area contributed by atoms with Crippen molar-refractivity contribution in [3.8, 4) is 0 Å².